The lowest BCUT2D eigenvalue weighted by Crippen LogP contribution is -2.13. The number of rotatable bonds is 2. The number of fused-ring (bicyclic) bond motifs is 1. The van der Waals surface area contributed by atoms with Crippen LogP contribution in [0.15, 0.2) is 30.3 Å². The molecule has 2 heterocycles. The van der Waals surface area contributed by atoms with Crippen LogP contribution in [-0.2, 0) is 13.0 Å². The number of nitrogens with zero attached hydrogens (tertiary/aromatic N) is 3. The van der Waals surface area contributed by atoms with E-state index in [2.05, 4.69) is 52.0 Å². The summed E-state index contributed by atoms with van der Waals surface area (Å²) in [4.78, 5) is 0. The Labute approximate surface area is 114 Å². The molecule has 100 valence electrons. The summed E-state index contributed by atoms with van der Waals surface area (Å²) in [6.45, 7) is 3.31. The number of hydrogen-bond acceptors (Lipinski definition) is 2. The number of aromatic nitrogens is 3. The van der Waals surface area contributed by atoms with Crippen molar-refractivity contribution in [1.29, 1.82) is 0 Å². The zero-order chi connectivity index (χ0) is 13.1. The topological polar surface area (TPSA) is 30.7 Å². The van der Waals surface area contributed by atoms with E-state index in [0.717, 1.165) is 18.8 Å². The zero-order valence-corrected chi connectivity index (χ0v) is 11.5. The molecule has 19 heavy (non-hydrogen) atoms. The first-order chi connectivity index (χ1) is 9.36. The fourth-order valence-electron chi connectivity index (χ4n) is 2.90. The van der Waals surface area contributed by atoms with Crippen molar-refractivity contribution in [3.05, 3.63) is 47.5 Å². The summed E-state index contributed by atoms with van der Waals surface area (Å²) in [6, 6.07) is 10.6. The quantitative estimate of drug-likeness (QED) is 0.821. The van der Waals surface area contributed by atoms with Crippen LogP contribution in [0.4, 0.5) is 0 Å². The Balaban J connectivity index is 1.92. The first-order valence-electron chi connectivity index (χ1n) is 7.33. The van der Waals surface area contributed by atoms with E-state index in [9.17, 15) is 0 Å². The summed E-state index contributed by atoms with van der Waals surface area (Å²) in [6.07, 6.45) is 6.24. The van der Waals surface area contributed by atoms with E-state index in [4.69, 9.17) is 0 Å². The average Bonchev–Trinajstić information content (AvgIpc) is 2.81. The van der Waals surface area contributed by atoms with Crippen molar-refractivity contribution in [3.63, 3.8) is 0 Å². The SMILES string of the molecule is C[C@@H](c1ccccc1)c1nnc2n1CCCCCC2. The fraction of sp³-hybridized carbons (Fsp3) is 0.500. The highest BCUT2D eigenvalue weighted by atomic mass is 15.3. The number of aryl methyl sites for hydroxylation is 1. The summed E-state index contributed by atoms with van der Waals surface area (Å²) in [5.41, 5.74) is 1.32. The second-order valence-corrected chi connectivity index (χ2v) is 5.42. The highest BCUT2D eigenvalue weighted by Gasteiger charge is 2.19. The lowest BCUT2D eigenvalue weighted by atomic mass is 10.00. The van der Waals surface area contributed by atoms with Gasteiger partial charge >= 0.3 is 0 Å². The Kier molecular flexibility index (Phi) is 3.62. The minimum Gasteiger partial charge on any atom is -0.314 e. The van der Waals surface area contributed by atoms with Gasteiger partial charge in [0.1, 0.15) is 11.6 Å². The summed E-state index contributed by atoms with van der Waals surface area (Å²) in [7, 11) is 0. The van der Waals surface area contributed by atoms with E-state index in [1.165, 1.54) is 37.1 Å². The minimum atomic E-state index is 0.321. The third kappa shape index (κ3) is 2.55. The standard InChI is InChI=1S/C16H21N3/c1-13(14-9-5-4-6-10-14)16-18-17-15-11-7-2-3-8-12-19(15)16/h4-6,9-10,13H,2-3,7-8,11-12H2,1H3/t13-/m0/s1. The van der Waals surface area contributed by atoms with Crippen LogP contribution in [0.5, 0.6) is 0 Å². The van der Waals surface area contributed by atoms with Gasteiger partial charge in [0.05, 0.1) is 0 Å². The Morgan fingerprint density at radius 1 is 1.00 bits per heavy atom. The van der Waals surface area contributed by atoms with Gasteiger partial charge in [0.15, 0.2) is 0 Å². The monoisotopic (exact) mass is 255 g/mol. The van der Waals surface area contributed by atoms with Crippen LogP contribution in [0.3, 0.4) is 0 Å². The van der Waals surface area contributed by atoms with E-state index < -0.39 is 0 Å². The molecule has 0 N–H and O–H groups in total. The summed E-state index contributed by atoms with van der Waals surface area (Å²) < 4.78 is 2.36. The fourth-order valence-corrected chi connectivity index (χ4v) is 2.90. The molecular weight excluding hydrogens is 234 g/mol. The summed E-state index contributed by atoms with van der Waals surface area (Å²) in [5.74, 6) is 2.63. The predicted molar refractivity (Wildman–Crippen MR) is 76.2 cm³/mol. The first-order valence-corrected chi connectivity index (χ1v) is 7.33. The largest absolute Gasteiger partial charge is 0.314 e. The van der Waals surface area contributed by atoms with Crippen LogP contribution in [0.1, 0.15) is 55.7 Å². The van der Waals surface area contributed by atoms with E-state index in [0.29, 0.717) is 5.92 Å². The maximum atomic E-state index is 4.47. The van der Waals surface area contributed by atoms with Gasteiger partial charge in [-0.1, -0.05) is 50.1 Å². The maximum Gasteiger partial charge on any atom is 0.140 e. The van der Waals surface area contributed by atoms with Crippen LogP contribution in [0.2, 0.25) is 0 Å². The van der Waals surface area contributed by atoms with Crippen LogP contribution in [-0.4, -0.2) is 14.8 Å². The van der Waals surface area contributed by atoms with Crippen LogP contribution in [0, 0.1) is 0 Å². The lowest BCUT2D eigenvalue weighted by molar-refractivity contribution is 0.500. The van der Waals surface area contributed by atoms with Crippen molar-refractivity contribution in [1.82, 2.24) is 14.8 Å². The molecule has 3 heteroatoms. The normalized spacial score (nSPS) is 17.3. The van der Waals surface area contributed by atoms with E-state index >= 15 is 0 Å². The number of hydrogen-bond donors (Lipinski definition) is 0. The molecular formula is C16H21N3. The molecule has 0 radical (unpaired) electrons. The van der Waals surface area contributed by atoms with Gasteiger partial charge < -0.3 is 4.57 Å². The molecule has 1 atom stereocenters. The molecule has 0 aliphatic carbocycles. The highest BCUT2D eigenvalue weighted by Crippen LogP contribution is 2.25. The van der Waals surface area contributed by atoms with Gasteiger partial charge in [-0.25, -0.2) is 0 Å². The third-order valence-corrected chi connectivity index (χ3v) is 4.07. The van der Waals surface area contributed by atoms with Gasteiger partial charge in [-0.2, -0.15) is 0 Å². The van der Waals surface area contributed by atoms with Gasteiger partial charge in [0, 0.05) is 18.9 Å². The van der Waals surface area contributed by atoms with Crippen LogP contribution < -0.4 is 0 Å². The molecule has 1 aromatic carbocycles. The van der Waals surface area contributed by atoms with Crippen molar-refractivity contribution in [2.45, 2.75) is 51.5 Å². The van der Waals surface area contributed by atoms with E-state index in [-0.39, 0.29) is 0 Å². The smallest absolute Gasteiger partial charge is 0.140 e. The number of benzene rings is 1. The molecule has 0 fully saturated rings. The Morgan fingerprint density at radius 3 is 2.63 bits per heavy atom. The molecule has 1 aliphatic rings. The maximum absolute atomic E-state index is 4.47. The van der Waals surface area contributed by atoms with Gasteiger partial charge in [-0.05, 0) is 18.4 Å². The first kappa shape index (κ1) is 12.4. The molecule has 3 nitrogen and oxygen atoms in total. The summed E-state index contributed by atoms with van der Waals surface area (Å²) in [5, 5.41) is 8.89. The molecule has 0 saturated carbocycles. The molecule has 0 amide bonds. The van der Waals surface area contributed by atoms with E-state index in [1.54, 1.807) is 0 Å². The van der Waals surface area contributed by atoms with Crippen molar-refractivity contribution in [3.8, 4) is 0 Å². The van der Waals surface area contributed by atoms with Crippen LogP contribution in [0.25, 0.3) is 0 Å². The molecule has 2 aromatic rings. The van der Waals surface area contributed by atoms with E-state index in [1.807, 2.05) is 0 Å². The second-order valence-electron chi connectivity index (χ2n) is 5.42. The second kappa shape index (κ2) is 5.55. The minimum absolute atomic E-state index is 0.321. The average molecular weight is 255 g/mol. The molecule has 1 aliphatic heterocycles. The predicted octanol–water partition coefficient (Wildman–Crippen LogP) is 3.55. The van der Waals surface area contributed by atoms with Gasteiger partial charge in [0.2, 0.25) is 0 Å². The highest BCUT2D eigenvalue weighted by molar-refractivity contribution is 5.25. The Hall–Kier alpha value is -1.64. The third-order valence-electron chi connectivity index (χ3n) is 4.07. The Bertz CT molecular complexity index is 530. The Morgan fingerprint density at radius 2 is 1.79 bits per heavy atom. The van der Waals surface area contributed by atoms with Crippen molar-refractivity contribution >= 4 is 0 Å². The summed E-state index contributed by atoms with van der Waals surface area (Å²) >= 11 is 0. The molecule has 0 unspecified atom stereocenters. The van der Waals surface area contributed by atoms with Crippen molar-refractivity contribution in [2.75, 3.05) is 0 Å². The molecule has 0 spiro atoms. The van der Waals surface area contributed by atoms with Crippen molar-refractivity contribution in [2.24, 2.45) is 0 Å². The lowest BCUT2D eigenvalue weighted by Gasteiger charge is -2.17. The van der Waals surface area contributed by atoms with Crippen molar-refractivity contribution < 1.29 is 0 Å². The van der Waals surface area contributed by atoms with Gasteiger partial charge in [-0.3, -0.25) is 0 Å². The molecule has 0 bridgehead atoms. The molecule has 3 rings (SSSR count). The van der Waals surface area contributed by atoms with Gasteiger partial charge in [-0.15, -0.1) is 10.2 Å². The van der Waals surface area contributed by atoms with Gasteiger partial charge in [0.25, 0.3) is 0 Å². The molecule has 1 aromatic heterocycles. The molecule has 0 saturated heterocycles. The zero-order valence-electron chi connectivity index (χ0n) is 11.5. The van der Waals surface area contributed by atoms with Crippen LogP contribution >= 0.6 is 0 Å².